The number of rotatable bonds is 6. The summed E-state index contributed by atoms with van der Waals surface area (Å²) in [6.07, 6.45) is -5.46. The minimum atomic E-state index is -4.41. The Balaban J connectivity index is 2.06. The molecule has 0 aliphatic rings. The molecule has 1 atom stereocenters. The van der Waals surface area contributed by atoms with E-state index in [1.807, 2.05) is 0 Å². The highest BCUT2D eigenvalue weighted by Crippen LogP contribution is 2.29. The Morgan fingerprint density at radius 2 is 1.68 bits per heavy atom. The smallest absolute Gasteiger partial charge is 0.391 e. The van der Waals surface area contributed by atoms with Gasteiger partial charge in [-0.1, -0.05) is 30.3 Å². The third-order valence-electron chi connectivity index (χ3n) is 3.85. The Hall–Kier alpha value is -2.58. The van der Waals surface area contributed by atoms with Crippen LogP contribution in [0, 0.1) is 0 Å². The monoisotopic (exact) mass is 414 g/mol. The maximum atomic E-state index is 12.7. The standard InChI is InChI=1S/C19H18ClF3N2O3/c20-11-15(26)10-17(27)24-25-18(28)16-4-2-1-3-13(16)9-12-5-7-14(8-6-12)19(21,22)23/h1-8,15,26H,9-11H2,(H,24,27)(H,25,28). The lowest BCUT2D eigenvalue weighted by molar-refractivity contribution is -0.137. The van der Waals surface area contributed by atoms with Crippen molar-refractivity contribution in [2.75, 3.05) is 5.88 Å². The molecule has 150 valence electrons. The summed E-state index contributed by atoms with van der Waals surface area (Å²) < 4.78 is 38.0. The molecule has 0 aliphatic carbocycles. The summed E-state index contributed by atoms with van der Waals surface area (Å²) in [5.74, 6) is -1.31. The molecule has 2 aromatic rings. The van der Waals surface area contributed by atoms with Gasteiger partial charge in [-0.2, -0.15) is 13.2 Å². The molecule has 3 N–H and O–H groups in total. The average molecular weight is 415 g/mol. The van der Waals surface area contributed by atoms with Crippen LogP contribution in [0.25, 0.3) is 0 Å². The number of carbonyl (C=O) groups excluding carboxylic acids is 2. The maximum Gasteiger partial charge on any atom is 0.416 e. The van der Waals surface area contributed by atoms with Crippen molar-refractivity contribution in [1.29, 1.82) is 0 Å². The number of hydrazine groups is 1. The lowest BCUT2D eigenvalue weighted by Gasteiger charge is -2.13. The summed E-state index contributed by atoms with van der Waals surface area (Å²) in [7, 11) is 0. The van der Waals surface area contributed by atoms with Gasteiger partial charge in [-0.15, -0.1) is 11.6 Å². The number of alkyl halides is 4. The fraction of sp³-hybridized carbons (Fsp3) is 0.263. The summed E-state index contributed by atoms with van der Waals surface area (Å²) >= 11 is 5.41. The van der Waals surface area contributed by atoms with Crippen molar-refractivity contribution in [1.82, 2.24) is 10.9 Å². The molecule has 2 aromatic carbocycles. The van der Waals surface area contributed by atoms with Gasteiger partial charge in [0.1, 0.15) is 0 Å². The normalized spacial score (nSPS) is 12.3. The van der Waals surface area contributed by atoms with E-state index in [2.05, 4.69) is 10.9 Å². The highest BCUT2D eigenvalue weighted by atomic mass is 35.5. The molecule has 0 fully saturated rings. The number of aliphatic hydroxyl groups excluding tert-OH is 1. The van der Waals surface area contributed by atoms with Gasteiger partial charge >= 0.3 is 6.18 Å². The Kier molecular flexibility index (Phi) is 7.42. The topological polar surface area (TPSA) is 78.4 Å². The zero-order valence-electron chi connectivity index (χ0n) is 14.6. The molecular weight excluding hydrogens is 397 g/mol. The van der Waals surface area contributed by atoms with Crippen LogP contribution in [0.15, 0.2) is 48.5 Å². The minimum Gasteiger partial charge on any atom is -0.391 e. The van der Waals surface area contributed by atoms with Crippen molar-refractivity contribution < 1.29 is 27.9 Å². The van der Waals surface area contributed by atoms with Gasteiger partial charge in [-0.05, 0) is 35.7 Å². The molecule has 0 saturated carbocycles. The Labute approximate surface area is 164 Å². The van der Waals surface area contributed by atoms with Crippen molar-refractivity contribution in [3.63, 3.8) is 0 Å². The van der Waals surface area contributed by atoms with Gasteiger partial charge in [0.15, 0.2) is 0 Å². The lowest BCUT2D eigenvalue weighted by atomic mass is 9.98. The van der Waals surface area contributed by atoms with E-state index in [9.17, 15) is 27.9 Å². The molecular formula is C19H18ClF3N2O3. The molecule has 5 nitrogen and oxygen atoms in total. The Morgan fingerprint density at radius 1 is 1.04 bits per heavy atom. The van der Waals surface area contributed by atoms with Gasteiger partial charge in [-0.3, -0.25) is 20.4 Å². The number of nitrogens with one attached hydrogen (secondary N) is 2. The van der Waals surface area contributed by atoms with Crippen molar-refractivity contribution >= 4 is 23.4 Å². The highest BCUT2D eigenvalue weighted by molar-refractivity contribution is 6.18. The van der Waals surface area contributed by atoms with Crippen LogP contribution >= 0.6 is 11.6 Å². The molecule has 28 heavy (non-hydrogen) atoms. The number of aliphatic hydroxyl groups is 1. The molecule has 2 amide bonds. The lowest BCUT2D eigenvalue weighted by Crippen LogP contribution is -2.43. The van der Waals surface area contributed by atoms with E-state index in [-0.39, 0.29) is 24.3 Å². The zero-order chi connectivity index (χ0) is 20.7. The largest absolute Gasteiger partial charge is 0.416 e. The van der Waals surface area contributed by atoms with Gasteiger partial charge in [0.2, 0.25) is 5.91 Å². The maximum absolute atomic E-state index is 12.7. The predicted octanol–water partition coefficient (Wildman–Crippen LogP) is 3.05. The number of benzene rings is 2. The van der Waals surface area contributed by atoms with Gasteiger partial charge in [0.05, 0.1) is 18.1 Å². The van der Waals surface area contributed by atoms with Crippen LogP contribution in [-0.4, -0.2) is 28.9 Å². The van der Waals surface area contributed by atoms with E-state index < -0.39 is 29.7 Å². The molecule has 0 aromatic heterocycles. The first kappa shape index (κ1) is 21.7. The fourth-order valence-corrected chi connectivity index (χ4v) is 2.55. The number of halogens is 4. The van der Waals surface area contributed by atoms with Gasteiger partial charge < -0.3 is 5.11 Å². The van der Waals surface area contributed by atoms with E-state index in [4.69, 9.17) is 11.6 Å². The molecule has 0 radical (unpaired) electrons. The van der Waals surface area contributed by atoms with Crippen LogP contribution in [0.4, 0.5) is 13.2 Å². The Morgan fingerprint density at radius 3 is 2.29 bits per heavy atom. The van der Waals surface area contributed by atoms with Crippen molar-refractivity contribution in [2.24, 2.45) is 0 Å². The predicted molar refractivity (Wildman–Crippen MR) is 97.6 cm³/mol. The van der Waals surface area contributed by atoms with E-state index in [1.54, 1.807) is 18.2 Å². The first-order chi connectivity index (χ1) is 13.2. The van der Waals surface area contributed by atoms with E-state index in [1.165, 1.54) is 18.2 Å². The average Bonchev–Trinajstić information content (AvgIpc) is 2.66. The van der Waals surface area contributed by atoms with Crippen LogP contribution in [0.2, 0.25) is 0 Å². The quantitative estimate of drug-likeness (QED) is 0.502. The molecule has 0 heterocycles. The molecule has 0 bridgehead atoms. The molecule has 0 saturated heterocycles. The molecule has 1 unspecified atom stereocenters. The van der Waals surface area contributed by atoms with Gasteiger partial charge in [-0.25, -0.2) is 0 Å². The van der Waals surface area contributed by atoms with Crippen molar-refractivity contribution in [3.8, 4) is 0 Å². The summed E-state index contributed by atoms with van der Waals surface area (Å²) in [5, 5.41) is 9.31. The number of hydrogen-bond donors (Lipinski definition) is 3. The molecule has 0 spiro atoms. The minimum absolute atomic E-state index is 0.114. The molecule has 2 rings (SSSR count). The summed E-state index contributed by atoms with van der Waals surface area (Å²) in [5.41, 5.74) is 5.12. The van der Waals surface area contributed by atoms with Gasteiger partial charge in [0, 0.05) is 11.4 Å². The van der Waals surface area contributed by atoms with Crippen LogP contribution < -0.4 is 10.9 Å². The van der Waals surface area contributed by atoms with E-state index in [0.717, 1.165) is 12.1 Å². The SMILES string of the molecule is O=C(CC(O)CCl)NNC(=O)c1ccccc1Cc1ccc(C(F)(F)F)cc1. The fourth-order valence-electron chi connectivity index (χ4n) is 2.44. The zero-order valence-corrected chi connectivity index (χ0v) is 15.3. The summed E-state index contributed by atoms with van der Waals surface area (Å²) in [4.78, 5) is 23.9. The van der Waals surface area contributed by atoms with Gasteiger partial charge in [0.25, 0.3) is 5.91 Å². The second-order valence-electron chi connectivity index (χ2n) is 6.04. The second kappa shape index (κ2) is 9.57. The number of carbonyl (C=O) groups is 2. The third-order valence-corrected chi connectivity index (χ3v) is 4.21. The first-order valence-corrected chi connectivity index (χ1v) is 8.81. The van der Waals surface area contributed by atoms with Crippen LogP contribution in [0.5, 0.6) is 0 Å². The number of amides is 2. The summed E-state index contributed by atoms with van der Waals surface area (Å²) in [6, 6.07) is 11.2. The van der Waals surface area contributed by atoms with Crippen LogP contribution in [-0.2, 0) is 17.4 Å². The third kappa shape index (κ3) is 6.24. The second-order valence-corrected chi connectivity index (χ2v) is 6.35. The highest BCUT2D eigenvalue weighted by Gasteiger charge is 2.29. The van der Waals surface area contributed by atoms with Crippen LogP contribution in [0.3, 0.4) is 0 Å². The summed E-state index contributed by atoms with van der Waals surface area (Å²) in [6.45, 7) is 0. The molecule has 0 aliphatic heterocycles. The van der Waals surface area contributed by atoms with E-state index in [0.29, 0.717) is 11.1 Å². The van der Waals surface area contributed by atoms with E-state index >= 15 is 0 Å². The van der Waals surface area contributed by atoms with Crippen molar-refractivity contribution in [3.05, 3.63) is 70.8 Å². The first-order valence-electron chi connectivity index (χ1n) is 8.28. The number of hydrogen-bond acceptors (Lipinski definition) is 3. The van der Waals surface area contributed by atoms with Crippen LogP contribution in [0.1, 0.15) is 33.5 Å². The van der Waals surface area contributed by atoms with Crippen molar-refractivity contribution in [2.45, 2.75) is 25.1 Å². The Bertz CT molecular complexity index is 826. The molecule has 9 heteroatoms.